The van der Waals surface area contributed by atoms with Crippen LogP contribution < -0.4 is 4.90 Å². The number of anilines is 1. The van der Waals surface area contributed by atoms with Gasteiger partial charge in [0.05, 0.1) is 43.8 Å². The zero-order valence-electron chi connectivity index (χ0n) is 14.9. The Morgan fingerprint density at radius 3 is 2.85 bits per heavy atom. The van der Waals surface area contributed by atoms with Gasteiger partial charge in [0.15, 0.2) is 5.65 Å². The number of aromatic nitrogens is 5. The van der Waals surface area contributed by atoms with Gasteiger partial charge in [0, 0.05) is 39.5 Å². The van der Waals surface area contributed by atoms with E-state index in [0.29, 0.717) is 31.5 Å². The zero-order chi connectivity index (χ0) is 18.1. The Hall–Kier alpha value is -2.16. The second-order valence-electron chi connectivity index (χ2n) is 6.22. The van der Waals surface area contributed by atoms with Crippen LogP contribution in [-0.4, -0.2) is 64.3 Å². The zero-order valence-corrected chi connectivity index (χ0v) is 15.6. The van der Waals surface area contributed by atoms with Crippen LogP contribution in [0.5, 0.6) is 0 Å². The number of methoxy groups -OCH3 is 1. The fourth-order valence-corrected chi connectivity index (χ4v) is 3.38. The smallest absolute Gasteiger partial charge is 0.163 e. The van der Waals surface area contributed by atoms with Crippen molar-refractivity contribution in [3.05, 3.63) is 23.6 Å². The minimum Gasteiger partial charge on any atom is -0.383 e. The van der Waals surface area contributed by atoms with Crippen LogP contribution in [0.15, 0.2) is 18.5 Å². The summed E-state index contributed by atoms with van der Waals surface area (Å²) in [5.74, 6) is 0.813. The quantitative estimate of drug-likeness (QED) is 0.634. The Bertz CT molecular complexity index is 916. The summed E-state index contributed by atoms with van der Waals surface area (Å²) in [7, 11) is 3.63. The molecular weight excluding hydrogens is 356 g/mol. The van der Waals surface area contributed by atoms with E-state index in [-0.39, 0.29) is 0 Å². The summed E-state index contributed by atoms with van der Waals surface area (Å²) in [6, 6.07) is 1.88. The van der Waals surface area contributed by atoms with Crippen LogP contribution in [0.1, 0.15) is 0 Å². The van der Waals surface area contributed by atoms with E-state index in [1.54, 1.807) is 7.11 Å². The number of fused-ring (bicyclic) bond motifs is 1. The molecule has 138 valence electrons. The van der Waals surface area contributed by atoms with E-state index in [1.807, 2.05) is 34.8 Å². The summed E-state index contributed by atoms with van der Waals surface area (Å²) in [5, 5.41) is 4.84. The molecule has 0 bridgehead atoms. The van der Waals surface area contributed by atoms with E-state index in [4.69, 9.17) is 26.1 Å². The third kappa shape index (κ3) is 3.15. The molecule has 0 saturated carbocycles. The molecule has 9 heteroatoms. The number of aryl methyl sites for hydroxylation is 1. The highest BCUT2D eigenvalue weighted by Crippen LogP contribution is 2.31. The van der Waals surface area contributed by atoms with Crippen molar-refractivity contribution in [2.24, 2.45) is 7.05 Å². The van der Waals surface area contributed by atoms with Crippen molar-refractivity contribution in [2.75, 3.05) is 44.9 Å². The maximum atomic E-state index is 6.29. The minimum atomic E-state index is 0.462. The highest BCUT2D eigenvalue weighted by atomic mass is 35.5. The van der Waals surface area contributed by atoms with Gasteiger partial charge in [0.25, 0.3) is 0 Å². The SMILES string of the molecule is COCCn1cc(-c2nc3c(N4CCOCC4)cc(Cl)nc3n2C)cn1. The molecule has 26 heavy (non-hydrogen) atoms. The molecule has 0 radical (unpaired) electrons. The van der Waals surface area contributed by atoms with Crippen LogP contribution in [0.3, 0.4) is 0 Å². The van der Waals surface area contributed by atoms with Crippen LogP contribution in [0, 0.1) is 0 Å². The first-order valence-electron chi connectivity index (χ1n) is 8.55. The number of hydrogen-bond donors (Lipinski definition) is 0. The van der Waals surface area contributed by atoms with Crippen molar-refractivity contribution in [1.29, 1.82) is 0 Å². The first-order valence-corrected chi connectivity index (χ1v) is 8.92. The topological polar surface area (TPSA) is 70.2 Å². The standard InChI is InChI=1S/C17H21ClN6O2/c1-22-16(12-10-19-24(11-12)5-6-25-2)21-15-13(9-14(18)20-17(15)22)23-3-7-26-8-4-23/h9-11H,3-8H2,1-2H3. The van der Waals surface area contributed by atoms with E-state index in [0.717, 1.165) is 41.3 Å². The third-order valence-electron chi connectivity index (χ3n) is 4.54. The highest BCUT2D eigenvalue weighted by molar-refractivity contribution is 6.30. The molecular formula is C17H21ClN6O2. The molecule has 0 amide bonds. The van der Waals surface area contributed by atoms with E-state index in [1.165, 1.54) is 0 Å². The van der Waals surface area contributed by atoms with E-state index < -0.39 is 0 Å². The average molecular weight is 377 g/mol. The number of rotatable bonds is 5. The summed E-state index contributed by atoms with van der Waals surface area (Å²) < 4.78 is 14.4. The Balaban J connectivity index is 1.77. The lowest BCUT2D eigenvalue weighted by atomic mass is 10.3. The molecule has 8 nitrogen and oxygen atoms in total. The predicted molar refractivity (Wildman–Crippen MR) is 99.6 cm³/mol. The first-order chi connectivity index (χ1) is 12.7. The summed E-state index contributed by atoms with van der Waals surface area (Å²) >= 11 is 6.29. The Morgan fingerprint density at radius 2 is 2.08 bits per heavy atom. The van der Waals surface area contributed by atoms with Crippen LogP contribution in [0.2, 0.25) is 5.15 Å². The van der Waals surface area contributed by atoms with Crippen LogP contribution in [0.25, 0.3) is 22.6 Å². The monoisotopic (exact) mass is 376 g/mol. The van der Waals surface area contributed by atoms with Gasteiger partial charge in [-0.25, -0.2) is 9.97 Å². The normalized spacial score (nSPS) is 15.1. The van der Waals surface area contributed by atoms with Gasteiger partial charge in [-0.15, -0.1) is 0 Å². The lowest BCUT2D eigenvalue weighted by Crippen LogP contribution is -2.36. The molecule has 0 atom stereocenters. The van der Waals surface area contributed by atoms with Crippen molar-refractivity contribution in [3.8, 4) is 11.4 Å². The van der Waals surface area contributed by atoms with Crippen molar-refractivity contribution in [3.63, 3.8) is 0 Å². The molecule has 0 aliphatic carbocycles. The number of imidazole rings is 1. The molecule has 4 heterocycles. The summed E-state index contributed by atoms with van der Waals surface area (Å²) in [6.07, 6.45) is 3.78. The maximum Gasteiger partial charge on any atom is 0.163 e. The number of ether oxygens (including phenoxy) is 2. The molecule has 1 fully saturated rings. The van der Waals surface area contributed by atoms with E-state index in [2.05, 4.69) is 15.0 Å². The molecule has 0 N–H and O–H groups in total. The highest BCUT2D eigenvalue weighted by Gasteiger charge is 2.21. The van der Waals surface area contributed by atoms with Gasteiger partial charge in [0.2, 0.25) is 0 Å². The van der Waals surface area contributed by atoms with Gasteiger partial charge in [0.1, 0.15) is 16.5 Å². The largest absolute Gasteiger partial charge is 0.383 e. The summed E-state index contributed by atoms with van der Waals surface area (Å²) in [6.45, 7) is 4.35. The van der Waals surface area contributed by atoms with E-state index >= 15 is 0 Å². The minimum absolute atomic E-state index is 0.462. The number of hydrogen-bond acceptors (Lipinski definition) is 6. The van der Waals surface area contributed by atoms with Crippen molar-refractivity contribution in [1.82, 2.24) is 24.3 Å². The Labute approximate surface area is 156 Å². The molecule has 1 saturated heterocycles. The lowest BCUT2D eigenvalue weighted by molar-refractivity contribution is 0.123. The van der Waals surface area contributed by atoms with Crippen LogP contribution in [0.4, 0.5) is 5.69 Å². The fraction of sp³-hybridized carbons (Fsp3) is 0.471. The molecule has 0 unspecified atom stereocenters. The van der Waals surface area contributed by atoms with Gasteiger partial charge in [-0.2, -0.15) is 5.10 Å². The van der Waals surface area contributed by atoms with Crippen LogP contribution >= 0.6 is 11.6 Å². The number of morpholine rings is 1. The second-order valence-corrected chi connectivity index (χ2v) is 6.60. The van der Waals surface area contributed by atoms with Gasteiger partial charge in [-0.3, -0.25) is 4.68 Å². The third-order valence-corrected chi connectivity index (χ3v) is 4.74. The molecule has 0 spiro atoms. The van der Waals surface area contributed by atoms with Gasteiger partial charge < -0.3 is 18.9 Å². The molecule has 0 aromatic carbocycles. The fourth-order valence-electron chi connectivity index (χ4n) is 3.19. The predicted octanol–water partition coefficient (Wildman–Crippen LogP) is 1.97. The van der Waals surface area contributed by atoms with Gasteiger partial charge >= 0.3 is 0 Å². The second kappa shape index (κ2) is 7.22. The van der Waals surface area contributed by atoms with Crippen molar-refractivity contribution in [2.45, 2.75) is 6.54 Å². The maximum absolute atomic E-state index is 6.29. The van der Waals surface area contributed by atoms with Gasteiger partial charge in [-0.05, 0) is 0 Å². The summed E-state index contributed by atoms with van der Waals surface area (Å²) in [4.78, 5) is 11.6. The lowest BCUT2D eigenvalue weighted by Gasteiger charge is -2.28. The number of pyridine rings is 1. The number of halogens is 1. The molecule has 4 rings (SSSR count). The Morgan fingerprint density at radius 1 is 1.27 bits per heavy atom. The average Bonchev–Trinajstić information content (AvgIpc) is 3.25. The van der Waals surface area contributed by atoms with Crippen LogP contribution in [-0.2, 0) is 23.1 Å². The van der Waals surface area contributed by atoms with Crippen molar-refractivity contribution >= 4 is 28.5 Å². The molecule has 1 aliphatic heterocycles. The summed E-state index contributed by atoms with van der Waals surface area (Å²) in [5.41, 5.74) is 3.54. The van der Waals surface area contributed by atoms with E-state index in [9.17, 15) is 0 Å². The first kappa shape index (κ1) is 17.3. The number of nitrogens with zero attached hydrogens (tertiary/aromatic N) is 6. The van der Waals surface area contributed by atoms with Gasteiger partial charge in [-0.1, -0.05) is 11.6 Å². The molecule has 1 aliphatic rings. The Kier molecular flexibility index (Phi) is 4.80. The molecule has 3 aromatic heterocycles. The molecule has 3 aromatic rings. The van der Waals surface area contributed by atoms with Crippen molar-refractivity contribution < 1.29 is 9.47 Å².